The Morgan fingerprint density at radius 3 is 2.65 bits per heavy atom. The standard InChI is InChI=1S/C14H19N3O2S/c1-9(2)13-15-14(20(18,19)16-11-7-8-11)12-6-4-5-10(3)17(12)13/h4-6,9,11,16H,7-8H2,1-3H3. The maximum absolute atomic E-state index is 12.5. The van der Waals surface area contributed by atoms with Gasteiger partial charge in [-0.05, 0) is 31.9 Å². The number of nitrogens with one attached hydrogen (secondary N) is 1. The fraction of sp³-hybridized carbons (Fsp3) is 0.500. The molecule has 20 heavy (non-hydrogen) atoms. The van der Waals surface area contributed by atoms with Crippen LogP contribution in [-0.2, 0) is 10.0 Å². The van der Waals surface area contributed by atoms with Crippen molar-refractivity contribution in [1.82, 2.24) is 14.1 Å². The highest BCUT2D eigenvalue weighted by atomic mass is 32.2. The van der Waals surface area contributed by atoms with Gasteiger partial charge in [0.25, 0.3) is 10.0 Å². The molecule has 0 aromatic carbocycles. The van der Waals surface area contributed by atoms with Crippen molar-refractivity contribution in [2.45, 2.75) is 50.6 Å². The van der Waals surface area contributed by atoms with Crippen LogP contribution in [0.15, 0.2) is 23.2 Å². The van der Waals surface area contributed by atoms with Crippen molar-refractivity contribution in [2.24, 2.45) is 0 Å². The summed E-state index contributed by atoms with van der Waals surface area (Å²) < 4.78 is 29.6. The van der Waals surface area contributed by atoms with E-state index in [-0.39, 0.29) is 17.0 Å². The zero-order valence-corrected chi connectivity index (χ0v) is 12.7. The van der Waals surface area contributed by atoms with Crippen molar-refractivity contribution in [3.8, 4) is 0 Å². The van der Waals surface area contributed by atoms with Gasteiger partial charge >= 0.3 is 0 Å². The summed E-state index contributed by atoms with van der Waals surface area (Å²) >= 11 is 0. The van der Waals surface area contributed by atoms with Gasteiger partial charge in [0, 0.05) is 17.7 Å². The van der Waals surface area contributed by atoms with Crippen molar-refractivity contribution < 1.29 is 8.42 Å². The SMILES string of the molecule is Cc1cccc2c(S(=O)(=O)NC3CC3)nc(C(C)C)n12. The predicted octanol–water partition coefficient (Wildman–Crippen LogP) is 2.21. The lowest BCUT2D eigenvalue weighted by molar-refractivity contribution is 0.578. The van der Waals surface area contributed by atoms with Crippen LogP contribution in [0, 0.1) is 6.92 Å². The number of nitrogens with zero attached hydrogens (tertiary/aromatic N) is 2. The third-order valence-electron chi connectivity index (χ3n) is 3.52. The Morgan fingerprint density at radius 2 is 2.05 bits per heavy atom. The Labute approximate surface area is 119 Å². The summed E-state index contributed by atoms with van der Waals surface area (Å²) in [7, 11) is -3.54. The lowest BCUT2D eigenvalue weighted by atomic mass is 10.2. The molecule has 1 aliphatic carbocycles. The molecule has 1 aliphatic rings. The van der Waals surface area contributed by atoms with Crippen molar-refractivity contribution in [3.05, 3.63) is 29.7 Å². The summed E-state index contributed by atoms with van der Waals surface area (Å²) in [5.41, 5.74) is 1.65. The van der Waals surface area contributed by atoms with E-state index in [0.29, 0.717) is 5.52 Å². The molecular formula is C14H19N3O2S. The van der Waals surface area contributed by atoms with E-state index >= 15 is 0 Å². The van der Waals surface area contributed by atoms with Crippen LogP contribution in [0.3, 0.4) is 0 Å². The molecule has 1 saturated carbocycles. The van der Waals surface area contributed by atoms with Gasteiger partial charge in [0.05, 0.1) is 5.52 Å². The maximum Gasteiger partial charge on any atom is 0.260 e. The fourth-order valence-corrected chi connectivity index (χ4v) is 3.80. The van der Waals surface area contributed by atoms with Gasteiger partial charge in [-0.15, -0.1) is 0 Å². The Hall–Kier alpha value is -1.40. The van der Waals surface area contributed by atoms with Gasteiger partial charge in [-0.25, -0.2) is 18.1 Å². The first-order valence-electron chi connectivity index (χ1n) is 6.90. The van der Waals surface area contributed by atoms with Gasteiger partial charge in [0.15, 0.2) is 5.03 Å². The molecule has 0 atom stereocenters. The van der Waals surface area contributed by atoms with Gasteiger partial charge in [-0.1, -0.05) is 19.9 Å². The molecular weight excluding hydrogens is 274 g/mol. The summed E-state index contributed by atoms with van der Waals surface area (Å²) in [5, 5.41) is 0.150. The number of hydrogen-bond acceptors (Lipinski definition) is 3. The van der Waals surface area contributed by atoms with E-state index in [9.17, 15) is 8.42 Å². The number of aromatic nitrogens is 2. The van der Waals surface area contributed by atoms with E-state index < -0.39 is 10.0 Å². The van der Waals surface area contributed by atoms with Gasteiger partial charge in [-0.3, -0.25) is 4.40 Å². The molecule has 0 spiro atoms. The number of sulfonamides is 1. The van der Waals surface area contributed by atoms with E-state index in [1.165, 1.54) is 0 Å². The molecule has 0 aliphatic heterocycles. The van der Waals surface area contributed by atoms with E-state index in [4.69, 9.17) is 0 Å². The first-order valence-corrected chi connectivity index (χ1v) is 8.39. The second-order valence-electron chi connectivity index (χ2n) is 5.71. The van der Waals surface area contributed by atoms with E-state index in [2.05, 4.69) is 9.71 Å². The van der Waals surface area contributed by atoms with Crippen molar-refractivity contribution in [2.75, 3.05) is 0 Å². The predicted molar refractivity (Wildman–Crippen MR) is 77.4 cm³/mol. The average Bonchev–Trinajstić information content (AvgIpc) is 3.05. The lowest BCUT2D eigenvalue weighted by Crippen LogP contribution is -2.26. The van der Waals surface area contributed by atoms with E-state index in [1.54, 1.807) is 0 Å². The van der Waals surface area contributed by atoms with Crippen LogP contribution in [0.1, 0.15) is 44.1 Å². The molecule has 0 amide bonds. The highest BCUT2D eigenvalue weighted by molar-refractivity contribution is 7.89. The number of imidazole rings is 1. The van der Waals surface area contributed by atoms with Crippen molar-refractivity contribution in [1.29, 1.82) is 0 Å². The van der Waals surface area contributed by atoms with Gasteiger partial charge in [-0.2, -0.15) is 0 Å². The quantitative estimate of drug-likeness (QED) is 0.940. The summed E-state index contributed by atoms with van der Waals surface area (Å²) in [6, 6.07) is 5.73. The Kier molecular flexibility index (Phi) is 3.10. The number of rotatable bonds is 4. The van der Waals surface area contributed by atoms with Gasteiger partial charge < -0.3 is 0 Å². The van der Waals surface area contributed by atoms with E-state index in [0.717, 1.165) is 24.4 Å². The third kappa shape index (κ3) is 2.23. The molecule has 1 N–H and O–H groups in total. The number of pyridine rings is 1. The summed E-state index contributed by atoms with van der Waals surface area (Å²) in [6.07, 6.45) is 1.84. The molecule has 2 aromatic heterocycles. The zero-order chi connectivity index (χ0) is 14.5. The number of fused-ring (bicyclic) bond motifs is 1. The minimum Gasteiger partial charge on any atom is -0.299 e. The Bertz CT molecular complexity index is 758. The molecule has 1 fully saturated rings. The highest BCUT2D eigenvalue weighted by Gasteiger charge is 2.31. The summed E-state index contributed by atoms with van der Waals surface area (Å²) in [4.78, 5) is 4.41. The molecule has 0 bridgehead atoms. The fourth-order valence-electron chi connectivity index (χ4n) is 2.36. The Morgan fingerprint density at radius 1 is 1.35 bits per heavy atom. The van der Waals surface area contributed by atoms with Crippen LogP contribution in [0.2, 0.25) is 0 Å². The molecule has 108 valence electrons. The maximum atomic E-state index is 12.5. The van der Waals surface area contributed by atoms with Gasteiger partial charge in [0.1, 0.15) is 5.82 Å². The zero-order valence-electron chi connectivity index (χ0n) is 11.9. The average molecular weight is 293 g/mol. The molecule has 3 rings (SSSR count). The Balaban J connectivity index is 2.23. The molecule has 6 heteroatoms. The molecule has 2 aromatic rings. The highest BCUT2D eigenvalue weighted by Crippen LogP contribution is 2.27. The summed E-state index contributed by atoms with van der Waals surface area (Å²) in [5.74, 6) is 0.947. The van der Waals surface area contributed by atoms with Crippen LogP contribution in [0.5, 0.6) is 0 Å². The minimum atomic E-state index is -3.54. The first-order chi connectivity index (χ1) is 9.40. The van der Waals surface area contributed by atoms with Crippen LogP contribution >= 0.6 is 0 Å². The largest absolute Gasteiger partial charge is 0.299 e. The van der Waals surface area contributed by atoms with E-state index in [1.807, 2.05) is 43.4 Å². The first kappa shape index (κ1) is 13.6. The number of aryl methyl sites for hydroxylation is 1. The second-order valence-corrected chi connectivity index (χ2v) is 7.34. The van der Waals surface area contributed by atoms with Crippen LogP contribution < -0.4 is 4.72 Å². The number of hydrogen-bond donors (Lipinski definition) is 1. The van der Waals surface area contributed by atoms with Crippen molar-refractivity contribution in [3.63, 3.8) is 0 Å². The normalized spacial score (nSPS) is 16.2. The van der Waals surface area contributed by atoms with Crippen LogP contribution in [-0.4, -0.2) is 23.8 Å². The molecule has 2 heterocycles. The topological polar surface area (TPSA) is 63.5 Å². The van der Waals surface area contributed by atoms with Gasteiger partial charge in [0.2, 0.25) is 0 Å². The lowest BCUT2D eigenvalue weighted by Gasteiger charge is -2.06. The molecule has 0 radical (unpaired) electrons. The van der Waals surface area contributed by atoms with Crippen LogP contribution in [0.4, 0.5) is 0 Å². The molecule has 0 unspecified atom stereocenters. The second kappa shape index (κ2) is 4.56. The summed E-state index contributed by atoms with van der Waals surface area (Å²) in [6.45, 7) is 6.00. The smallest absolute Gasteiger partial charge is 0.260 e. The molecule has 5 nitrogen and oxygen atoms in total. The van der Waals surface area contributed by atoms with Crippen LogP contribution in [0.25, 0.3) is 5.52 Å². The minimum absolute atomic E-state index is 0.0871. The molecule has 0 saturated heterocycles. The third-order valence-corrected chi connectivity index (χ3v) is 4.97. The van der Waals surface area contributed by atoms with Crippen molar-refractivity contribution >= 4 is 15.5 Å². The monoisotopic (exact) mass is 293 g/mol.